The highest BCUT2D eigenvalue weighted by Crippen LogP contribution is 2.30. The van der Waals surface area contributed by atoms with E-state index in [-0.39, 0.29) is 5.91 Å². The number of hydrogen-bond acceptors (Lipinski definition) is 4. The Bertz CT molecular complexity index is 1450. The third-order valence-electron chi connectivity index (χ3n) is 6.65. The first kappa shape index (κ1) is 27.5. The van der Waals surface area contributed by atoms with E-state index in [1.54, 1.807) is 53.4 Å². The van der Waals surface area contributed by atoms with Crippen molar-refractivity contribution in [2.75, 3.05) is 23.3 Å². The molecule has 1 aliphatic carbocycles. The summed E-state index contributed by atoms with van der Waals surface area (Å²) in [6.07, 6.45) is 8.71. The Hall–Kier alpha value is -4.07. The summed E-state index contributed by atoms with van der Waals surface area (Å²) in [6, 6.07) is 21.4. The number of hydrogen-bond donors (Lipinski definition) is 2. The van der Waals surface area contributed by atoms with E-state index < -0.39 is 12.1 Å². The van der Waals surface area contributed by atoms with Crippen LogP contribution in [0.3, 0.4) is 0 Å². The van der Waals surface area contributed by atoms with Crippen molar-refractivity contribution >= 4 is 52.2 Å². The second-order valence-electron chi connectivity index (χ2n) is 9.49. The fourth-order valence-corrected chi connectivity index (χ4v) is 5.04. The van der Waals surface area contributed by atoms with Gasteiger partial charge in [-0.05, 0) is 67.5 Å². The van der Waals surface area contributed by atoms with Crippen LogP contribution in [-0.4, -0.2) is 35.7 Å². The molecule has 2 aliphatic rings. The number of anilines is 2. The summed E-state index contributed by atoms with van der Waals surface area (Å²) in [7, 11) is 0. The highest BCUT2D eigenvalue weighted by atomic mass is 35.5. The molecule has 9 heteroatoms. The van der Waals surface area contributed by atoms with Crippen LogP contribution in [0.4, 0.5) is 16.2 Å². The monoisotopic (exact) mass is 573 g/mol. The van der Waals surface area contributed by atoms with E-state index in [0.29, 0.717) is 39.1 Å². The number of allylic oxidation sites excluding steroid dienone is 3. The van der Waals surface area contributed by atoms with Crippen LogP contribution >= 0.6 is 23.2 Å². The molecule has 0 saturated carbocycles. The Morgan fingerprint density at radius 2 is 1.57 bits per heavy atom. The van der Waals surface area contributed by atoms with Crippen LogP contribution in [-0.2, 0) is 4.79 Å². The lowest BCUT2D eigenvalue weighted by atomic mass is 10.0. The first-order chi connectivity index (χ1) is 19.5. The number of benzene rings is 3. The molecule has 1 saturated heterocycles. The highest BCUT2D eigenvalue weighted by molar-refractivity contribution is 6.32. The van der Waals surface area contributed by atoms with Gasteiger partial charge >= 0.3 is 6.03 Å². The van der Waals surface area contributed by atoms with Crippen LogP contribution in [0.5, 0.6) is 0 Å². The molecule has 1 aliphatic heterocycles. The maximum absolute atomic E-state index is 14.4. The van der Waals surface area contributed by atoms with Crippen molar-refractivity contribution < 1.29 is 9.59 Å². The van der Waals surface area contributed by atoms with E-state index in [1.165, 1.54) is 0 Å². The summed E-state index contributed by atoms with van der Waals surface area (Å²) in [5, 5.41) is 13.4. The number of hydrazone groups is 1. The molecule has 5 rings (SSSR count). The van der Waals surface area contributed by atoms with E-state index in [0.717, 1.165) is 31.6 Å². The molecule has 3 amide bonds. The van der Waals surface area contributed by atoms with Crippen molar-refractivity contribution in [3.8, 4) is 0 Å². The fourth-order valence-electron chi connectivity index (χ4n) is 4.67. The maximum atomic E-state index is 14.4. The third kappa shape index (κ3) is 6.73. The number of nitrogens with zero attached hydrogens (tertiary/aromatic N) is 3. The second kappa shape index (κ2) is 12.9. The van der Waals surface area contributed by atoms with E-state index >= 15 is 0 Å². The van der Waals surface area contributed by atoms with E-state index in [4.69, 9.17) is 28.3 Å². The van der Waals surface area contributed by atoms with Crippen LogP contribution in [0.1, 0.15) is 30.9 Å². The normalized spacial score (nSPS) is 16.4. The zero-order valence-electron chi connectivity index (χ0n) is 21.8. The first-order valence-electron chi connectivity index (χ1n) is 13.1. The summed E-state index contributed by atoms with van der Waals surface area (Å²) in [5.41, 5.74) is 3.32. The molecule has 204 valence electrons. The van der Waals surface area contributed by atoms with Gasteiger partial charge in [-0.1, -0.05) is 65.7 Å². The number of urea groups is 1. The predicted molar refractivity (Wildman–Crippen MR) is 162 cm³/mol. The number of carbonyl (C=O) groups excluding carboxylic acids is 2. The van der Waals surface area contributed by atoms with Crippen LogP contribution < -0.4 is 15.5 Å². The van der Waals surface area contributed by atoms with Gasteiger partial charge in [0.15, 0.2) is 0 Å². The Morgan fingerprint density at radius 3 is 2.25 bits per heavy atom. The Morgan fingerprint density at radius 1 is 0.875 bits per heavy atom. The Labute approximate surface area is 243 Å². The van der Waals surface area contributed by atoms with Crippen molar-refractivity contribution in [3.63, 3.8) is 0 Å². The Kier molecular flexibility index (Phi) is 8.84. The van der Waals surface area contributed by atoms with Gasteiger partial charge in [0.1, 0.15) is 6.04 Å². The molecule has 1 heterocycles. The summed E-state index contributed by atoms with van der Waals surface area (Å²) in [5.74, 6) is -0.360. The third-order valence-corrected chi connectivity index (χ3v) is 7.25. The molecule has 40 heavy (non-hydrogen) atoms. The van der Waals surface area contributed by atoms with E-state index in [9.17, 15) is 9.59 Å². The largest absolute Gasteiger partial charge is 0.322 e. The fraction of sp³-hybridized carbons (Fsp3) is 0.194. The van der Waals surface area contributed by atoms with Crippen LogP contribution in [0.2, 0.25) is 10.0 Å². The number of para-hydroxylation sites is 1. The van der Waals surface area contributed by atoms with Crippen molar-refractivity contribution in [3.05, 3.63) is 118 Å². The van der Waals surface area contributed by atoms with Crippen LogP contribution in [0.25, 0.3) is 0 Å². The number of amides is 3. The summed E-state index contributed by atoms with van der Waals surface area (Å²) >= 11 is 12.5. The topological polar surface area (TPSA) is 77.0 Å². The molecule has 0 radical (unpaired) electrons. The molecule has 0 bridgehead atoms. The molecular weight excluding hydrogens is 545 g/mol. The zero-order chi connectivity index (χ0) is 27.9. The van der Waals surface area contributed by atoms with Crippen molar-refractivity contribution in [1.29, 1.82) is 0 Å². The number of carbonyl (C=O) groups is 2. The maximum Gasteiger partial charge on any atom is 0.320 e. The Balaban J connectivity index is 1.45. The number of rotatable bonds is 7. The smallest absolute Gasteiger partial charge is 0.320 e. The summed E-state index contributed by atoms with van der Waals surface area (Å²) in [6.45, 7) is 1.93. The summed E-state index contributed by atoms with van der Waals surface area (Å²) < 4.78 is 0. The molecule has 2 N–H and O–H groups in total. The number of nitrogens with one attached hydrogen (secondary N) is 2. The van der Waals surface area contributed by atoms with Gasteiger partial charge in [0.2, 0.25) is 0 Å². The van der Waals surface area contributed by atoms with Gasteiger partial charge in [0, 0.05) is 52.2 Å². The molecule has 1 unspecified atom stereocenters. The van der Waals surface area contributed by atoms with Gasteiger partial charge in [-0.3, -0.25) is 14.7 Å². The van der Waals surface area contributed by atoms with E-state index in [1.807, 2.05) is 48.6 Å². The lowest BCUT2D eigenvalue weighted by Gasteiger charge is -2.30. The molecule has 0 aromatic heterocycles. The molecule has 3 aromatic carbocycles. The molecule has 0 spiro atoms. The average molecular weight is 575 g/mol. The lowest BCUT2D eigenvalue weighted by molar-refractivity contribution is -0.120. The molecule has 1 atom stereocenters. The first-order valence-corrected chi connectivity index (χ1v) is 13.9. The molecule has 7 nitrogen and oxygen atoms in total. The van der Waals surface area contributed by atoms with Gasteiger partial charge in [-0.25, -0.2) is 4.79 Å². The van der Waals surface area contributed by atoms with Gasteiger partial charge in [0.05, 0.1) is 5.71 Å². The van der Waals surface area contributed by atoms with Gasteiger partial charge in [-0.2, -0.15) is 5.10 Å². The SMILES string of the molecule is O=C(Nc1ccc(Cl)cc1)NC(C(=O)N(C1=CCC(=NN2CCCC2)C=C1)c1ccccc1)c1ccccc1Cl. The zero-order valence-corrected chi connectivity index (χ0v) is 23.3. The van der Waals surface area contributed by atoms with Gasteiger partial charge < -0.3 is 10.6 Å². The molecule has 1 fully saturated rings. The minimum absolute atomic E-state index is 0.360. The van der Waals surface area contributed by atoms with Crippen LogP contribution in [0, 0.1) is 0 Å². The second-order valence-corrected chi connectivity index (χ2v) is 10.3. The lowest BCUT2D eigenvalue weighted by Crippen LogP contribution is -2.44. The van der Waals surface area contributed by atoms with Gasteiger partial charge in [0.25, 0.3) is 5.91 Å². The molecular formula is C31H29Cl2N5O2. The van der Waals surface area contributed by atoms with Crippen molar-refractivity contribution in [1.82, 2.24) is 10.3 Å². The van der Waals surface area contributed by atoms with E-state index in [2.05, 4.69) is 15.6 Å². The van der Waals surface area contributed by atoms with Crippen molar-refractivity contribution in [2.24, 2.45) is 5.10 Å². The minimum atomic E-state index is -1.07. The van der Waals surface area contributed by atoms with Crippen LogP contribution in [0.15, 0.2) is 108 Å². The predicted octanol–water partition coefficient (Wildman–Crippen LogP) is 7.19. The van der Waals surface area contributed by atoms with Gasteiger partial charge in [-0.15, -0.1) is 0 Å². The highest BCUT2D eigenvalue weighted by Gasteiger charge is 2.32. The average Bonchev–Trinajstić information content (AvgIpc) is 3.48. The molecule has 3 aromatic rings. The van der Waals surface area contributed by atoms with Crippen molar-refractivity contribution in [2.45, 2.75) is 25.3 Å². The quantitative estimate of drug-likeness (QED) is 0.314. The standard InChI is InChI=1S/C31H29Cl2N5O2/c32-22-12-14-23(15-13-22)34-31(40)35-29(27-10-4-5-11-28(27)33)30(39)38(25-8-2-1-3-9-25)26-18-16-24(17-19-26)36-37-20-6-7-21-37/h1-5,8-16,18-19,29H,6-7,17,20-21H2,(H2,34,35,40). The summed E-state index contributed by atoms with van der Waals surface area (Å²) in [4.78, 5) is 29.1. The minimum Gasteiger partial charge on any atom is -0.322 e. The number of halogens is 2.